The van der Waals surface area contributed by atoms with Crippen molar-refractivity contribution in [3.63, 3.8) is 0 Å². The maximum absolute atomic E-state index is 13.5. The van der Waals surface area contributed by atoms with E-state index in [-0.39, 0.29) is 23.1 Å². The first-order chi connectivity index (χ1) is 9.37. The number of halogens is 2. The lowest BCUT2D eigenvalue weighted by Gasteiger charge is -2.51. The SMILES string of the molecule is CCOC1CC(NC(=O)c2ccnc(F)c2F)C1(C)C. The lowest BCUT2D eigenvalue weighted by molar-refractivity contribution is -0.111. The molecule has 1 aromatic rings. The number of nitrogens with one attached hydrogen (secondary N) is 1. The zero-order chi connectivity index (χ0) is 14.9. The van der Waals surface area contributed by atoms with Crippen molar-refractivity contribution >= 4 is 5.91 Å². The molecule has 1 aliphatic carbocycles. The molecule has 0 saturated heterocycles. The third-order valence-electron chi connectivity index (χ3n) is 3.94. The van der Waals surface area contributed by atoms with Gasteiger partial charge >= 0.3 is 0 Å². The van der Waals surface area contributed by atoms with Crippen molar-refractivity contribution in [1.29, 1.82) is 0 Å². The van der Waals surface area contributed by atoms with Gasteiger partial charge in [0.25, 0.3) is 5.91 Å². The van der Waals surface area contributed by atoms with Gasteiger partial charge in [0, 0.05) is 24.3 Å². The largest absolute Gasteiger partial charge is 0.378 e. The van der Waals surface area contributed by atoms with Crippen LogP contribution in [0.3, 0.4) is 0 Å². The van der Waals surface area contributed by atoms with E-state index in [2.05, 4.69) is 10.3 Å². The molecule has 0 spiro atoms. The van der Waals surface area contributed by atoms with Crippen LogP contribution in [0.5, 0.6) is 0 Å². The minimum Gasteiger partial charge on any atom is -0.378 e. The van der Waals surface area contributed by atoms with Gasteiger partial charge in [0.1, 0.15) is 0 Å². The number of hydrogen-bond acceptors (Lipinski definition) is 3. The first-order valence-electron chi connectivity index (χ1n) is 6.60. The fourth-order valence-electron chi connectivity index (χ4n) is 2.44. The summed E-state index contributed by atoms with van der Waals surface area (Å²) in [5.74, 6) is -3.11. The van der Waals surface area contributed by atoms with Gasteiger partial charge in [-0.05, 0) is 19.4 Å². The van der Waals surface area contributed by atoms with E-state index in [4.69, 9.17) is 4.74 Å². The summed E-state index contributed by atoms with van der Waals surface area (Å²) in [4.78, 5) is 15.1. The Morgan fingerprint density at radius 3 is 2.85 bits per heavy atom. The molecule has 1 heterocycles. The number of carbonyl (C=O) groups is 1. The minimum absolute atomic E-state index is 0.0665. The summed E-state index contributed by atoms with van der Waals surface area (Å²) in [6.07, 6.45) is 1.81. The highest BCUT2D eigenvalue weighted by atomic mass is 19.2. The second kappa shape index (κ2) is 5.44. The topological polar surface area (TPSA) is 51.2 Å². The number of hydrogen-bond donors (Lipinski definition) is 1. The maximum Gasteiger partial charge on any atom is 0.254 e. The summed E-state index contributed by atoms with van der Waals surface area (Å²) in [5, 5.41) is 2.73. The van der Waals surface area contributed by atoms with Crippen molar-refractivity contribution in [2.24, 2.45) is 5.41 Å². The molecule has 0 radical (unpaired) electrons. The van der Waals surface area contributed by atoms with Crippen molar-refractivity contribution in [1.82, 2.24) is 10.3 Å². The van der Waals surface area contributed by atoms with Crippen LogP contribution in [0.4, 0.5) is 8.78 Å². The van der Waals surface area contributed by atoms with Crippen molar-refractivity contribution in [3.05, 3.63) is 29.6 Å². The standard InChI is InChI=1S/C14H18F2N2O2/c1-4-20-10-7-9(14(10,2)3)18-13(19)8-5-6-17-12(16)11(8)15/h5-6,9-10H,4,7H2,1-3H3,(H,18,19). The fraction of sp³-hybridized carbons (Fsp3) is 0.571. The van der Waals surface area contributed by atoms with Gasteiger partial charge in [-0.15, -0.1) is 0 Å². The lowest BCUT2D eigenvalue weighted by atomic mass is 9.64. The molecule has 0 aromatic carbocycles. The number of pyridine rings is 1. The Morgan fingerprint density at radius 2 is 2.25 bits per heavy atom. The molecule has 2 unspecified atom stereocenters. The molecular weight excluding hydrogens is 266 g/mol. The Balaban J connectivity index is 2.05. The van der Waals surface area contributed by atoms with Crippen LogP contribution in [0.2, 0.25) is 0 Å². The predicted molar refractivity (Wildman–Crippen MR) is 69.2 cm³/mol. The van der Waals surface area contributed by atoms with Gasteiger partial charge in [0.2, 0.25) is 5.95 Å². The summed E-state index contributed by atoms with van der Waals surface area (Å²) < 4.78 is 32.1. The normalized spacial score (nSPS) is 24.1. The summed E-state index contributed by atoms with van der Waals surface area (Å²) >= 11 is 0. The monoisotopic (exact) mass is 284 g/mol. The van der Waals surface area contributed by atoms with Crippen LogP contribution in [0, 0.1) is 17.2 Å². The second-order valence-corrected chi connectivity index (χ2v) is 5.49. The molecule has 1 N–H and O–H groups in total. The highest BCUT2D eigenvalue weighted by molar-refractivity contribution is 5.94. The first kappa shape index (κ1) is 14.8. The summed E-state index contributed by atoms with van der Waals surface area (Å²) in [6.45, 7) is 6.48. The van der Waals surface area contributed by atoms with Crippen LogP contribution in [-0.4, -0.2) is 29.6 Å². The number of carbonyl (C=O) groups excluding carboxylic acids is 1. The summed E-state index contributed by atoms with van der Waals surface area (Å²) in [7, 11) is 0. The van der Waals surface area contributed by atoms with Gasteiger partial charge in [-0.3, -0.25) is 4.79 Å². The number of ether oxygens (including phenoxy) is 1. The van der Waals surface area contributed by atoms with Gasteiger partial charge in [-0.1, -0.05) is 13.8 Å². The van der Waals surface area contributed by atoms with Crippen molar-refractivity contribution in [3.8, 4) is 0 Å². The molecular formula is C14H18F2N2O2. The Kier molecular flexibility index (Phi) is 4.04. The number of nitrogens with zero attached hydrogens (tertiary/aromatic N) is 1. The molecule has 4 nitrogen and oxygen atoms in total. The molecule has 0 bridgehead atoms. The van der Waals surface area contributed by atoms with Crippen LogP contribution in [0.15, 0.2) is 12.3 Å². The average Bonchev–Trinajstić information content (AvgIpc) is 2.40. The third kappa shape index (κ3) is 2.52. The maximum atomic E-state index is 13.5. The Morgan fingerprint density at radius 1 is 1.55 bits per heavy atom. The van der Waals surface area contributed by atoms with Gasteiger partial charge < -0.3 is 10.1 Å². The van der Waals surface area contributed by atoms with Crippen LogP contribution in [0.25, 0.3) is 0 Å². The smallest absolute Gasteiger partial charge is 0.254 e. The van der Waals surface area contributed by atoms with E-state index in [9.17, 15) is 13.6 Å². The Hall–Kier alpha value is -1.56. The zero-order valence-electron chi connectivity index (χ0n) is 11.7. The van der Waals surface area contributed by atoms with E-state index < -0.39 is 17.7 Å². The molecule has 6 heteroatoms. The van der Waals surface area contributed by atoms with Crippen LogP contribution in [0.1, 0.15) is 37.6 Å². The molecule has 1 fully saturated rings. The van der Waals surface area contributed by atoms with Gasteiger partial charge in [0.05, 0.1) is 11.7 Å². The summed E-state index contributed by atoms with van der Waals surface area (Å²) in [6, 6.07) is 1.04. The molecule has 1 amide bonds. The molecule has 1 aliphatic rings. The number of rotatable bonds is 4. The van der Waals surface area contributed by atoms with Crippen molar-refractivity contribution in [2.75, 3.05) is 6.61 Å². The molecule has 110 valence electrons. The van der Waals surface area contributed by atoms with E-state index in [1.54, 1.807) is 0 Å². The van der Waals surface area contributed by atoms with E-state index in [0.717, 1.165) is 6.20 Å². The highest BCUT2D eigenvalue weighted by Crippen LogP contribution is 2.42. The predicted octanol–water partition coefficient (Wildman–Crippen LogP) is 2.29. The lowest BCUT2D eigenvalue weighted by Crippen LogP contribution is -2.62. The molecule has 1 saturated carbocycles. The first-order valence-corrected chi connectivity index (χ1v) is 6.60. The Labute approximate surface area is 116 Å². The third-order valence-corrected chi connectivity index (χ3v) is 3.94. The van der Waals surface area contributed by atoms with Crippen molar-refractivity contribution < 1.29 is 18.3 Å². The van der Waals surface area contributed by atoms with Crippen molar-refractivity contribution in [2.45, 2.75) is 39.3 Å². The molecule has 0 aliphatic heterocycles. The summed E-state index contributed by atoms with van der Waals surface area (Å²) in [5.41, 5.74) is -0.554. The number of aromatic nitrogens is 1. The van der Waals surface area contributed by atoms with Crippen LogP contribution >= 0.6 is 0 Å². The highest BCUT2D eigenvalue weighted by Gasteiger charge is 2.49. The number of amides is 1. The van der Waals surface area contributed by atoms with Gasteiger partial charge in [-0.2, -0.15) is 4.39 Å². The van der Waals surface area contributed by atoms with E-state index in [1.807, 2.05) is 20.8 Å². The van der Waals surface area contributed by atoms with Gasteiger partial charge in [-0.25, -0.2) is 9.37 Å². The zero-order valence-corrected chi connectivity index (χ0v) is 11.7. The quantitative estimate of drug-likeness (QED) is 0.863. The average molecular weight is 284 g/mol. The second-order valence-electron chi connectivity index (χ2n) is 5.49. The molecule has 20 heavy (non-hydrogen) atoms. The molecule has 2 rings (SSSR count). The van der Waals surface area contributed by atoms with E-state index >= 15 is 0 Å². The van der Waals surface area contributed by atoms with Crippen LogP contribution < -0.4 is 5.32 Å². The van der Waals surface area contributed by atoms with Crippen LogP contribution in [-0.2, 0) is 4.74 Å². The molecule has 1 aromatic heterocycles. The minimum atomic E-state index is -1.27. The van der Waals surface area contributed by atoms with Gasteiger partial charge in [0.15, 0.2) is 5.82 Å². The van der Waals surface area contributed by atoms with E-state index in [0.29, 0.717) is 13.0 Å². The Bertz CT molecular complexity index is 520. The fourth-order valence-corrected chi connectivity index (χ4v) is 2.44. The molecule has 2 atom stereocenters. The van der Waals surface area contributed by atoms with E-state index in [1.165, 1.54) is 6.07 Å².